The number of hydrogen-bond donors (Lipinski definition) is 2. The molecule has 0 spiro atoms. The van der Waals surface area contributed by atoms with Crippen LogP contribution >= 0.6 is 0 Å². The number of fused-ring (bicyclic) bond motifs is 4. The van der Waals surface area contributed by atoms with E-state index < -0.39 is 15.6 Å². The molecule has 2 heterocycles. The molecule has 1 aromatic heterocycles. The van der Waals surface area contributed by atoms with E-state index in [1.165, 1.54) is 12.1 Å². The number of ether oxygens (including phenoxy) is 1. The number of hydrogen-bond acceptors (Lipinski definition) is 6. The second-order valence-corrected chi connectivity index (χ2v) is 11.0. The zero-order valence-corrected chi connectivity index (χ0v) is 21.9. The lowest BCUT2D eigenvalue weighted by molar-refractivity contribution is 0.0818. The third kappa shape index (κ3) is 5.36. The van der Waals surface area contributed by atoms with E-state index in [4.69, 9.17) is 4.74 Å². The highest BCUT2D eigenvalue weighted by Gasteiger charge is 2.33. The van der Waals surface area contributed by atoms with Crippen molar-refractivity contribution in [2.45, 2.75) is 63.8 Å². The van der Waals surface area contributed by atoms with Gasteiger partial charge in [-0.1, -0.05) is 51.0 Å². The minimum atomic E-state index is -4.06. The first-order valence-electron chi connectivity index (χ1n) is 12.2. The van der Waals surface area contributed by atoms with Gasteiger partial charge in [0, 0.05) is 17.2 Å². The van der Waals surface area contributed by atoms with E-state index in [1.54, 1.807) is 18.2 Å². The molecule has 0 fully saturated rings. The lowest BCUT2D eigenvalue weighted by Gasteiger charge is -2.34. The molecule has 36 heavy (non-hydrogen) atoms. The van der Waals surface area contributed by atoms with Crippen LogP contribution in [0, 0.1) is 13.8 Å². The fourth-order valence-corrected chi connectivity index (χ4v) is 5.78. The van der Waals surface area contributed by atoms with Crippen LogP contribution in [0.25, 0.3) is 11.3 Å². The van der Waals surface area contributed by atoms with Crippen molar-refractivity contribution in [3.63, 3.8) is 0 Å². The summed E-state index contributed by atoms with van der Waals surface area (Å²) in [5, 5.41) is 3.16. The van der Waals surface area contributed by atoms with Crippen LogP contribution in [0.1, 0.15) is 61.0 Å². The number of amides is 1. The Morgan fingerprint density at radius 1 is 0.972 bits per heavy atom. The largest absolute Gasteiger partial charge is 0.475 e. The van der Waals surface area contributed by atoms with Crippen molar-refractivity contribution in [3.8, 4) is 17.1 Å². The molecule has 8 nitrogen and oxygen atoms in total. The zero-order chi connectivity index (χ0) is 25.9. The monoisotopic (exact) mass is 508 g/mol. The molecule has 0 saturated carbocycles. The van der Waals surface area contributed by atoms with Crippen molar-refractivity contribution in [2.75, 3.05) is 11.3 Å². The Hall–Kier alpha value is -3.46. The average Bonchev–Trinajstić information content (AvgIpc) is 2.82. The molecule has 3 aromatic rings. The van der Waals surface area contributed by atoms with Crippen molar-refractivity contribution < 1.29 is 17.9 Å². The maximum Gasteiger partial charge on any atom is 0.264 e. The van der Waals surface area contributed by atoms with Crippen LogP contribution in [0.3, 0.4) is 0 Å². The SMILES string of the molecule is CCCC1(CCC)COc2cc(-c3c(C)cccc3C)nc(n2)NS(=O)(=O)c2cccc(c2)C(=O)N1. The normalized spacial score (nSPS) is 16.4. The maximum atomic E-state index is 13.2. The first kappa shape index (κ1) is 25.6. The Bertz CT molecular complexity index is 1360. The van der Waals surface area contributed by atoms with Gasteiger partial charge in [-0.2, -0.15) is 4.98 Å². The van der Waals surface area contributed by atoms with Gasteiger partial charge in [-0.15, -0.1) is 0 Å². The summed E-state index contributed by atoms with van der Waals surface area (Å²) < 4.78 is 35.1. The molecule has 0 atom stereocenters. The Morgan fingerprint density at radius 3 is 2.31 bits per heavy atom. The van der Waals surface area contributed by atoms with Crippen LogP contribution in [-0.4, -0.2) is 36.4 Å². The third-order valence-corrected chi connectivity index (χ3v) is 7.73. The minimum Gasteiger partial charge on any atom is -0.475 e. The predicted molar refractivity (Wildman–Crippen MR) is 140 cm³/mol. The number of nitrogens with zero attached hydrogens (tertiary/aromatic N) is 2. The topological polar surface area (TPSA) is 110 Å². The van der Waals surface area contributed by atoms with Crippen LogP contribution in [0.5, 0.6) is 5.88 Å². The van der Waals surface area contributed by atoms with Crippen molar-refractivity contribution >= 4 is 21.9 Å². The molecule has 1 aliphatic heterocycles. The molecule has 0 saturated heterocycles. The van der Waals surface area contributed by atoms with Gasteiger partial charge in [-0.05, 0) is 56.0 Å². The maximum absolute atomic E-state index is 13.2. The first-order valence-corrected chi connectivity index (χ1v) is 13.7. The number of carbonyl (C=O) groups excluding carboxylic acids is 1. The van der Waals surface area contributed by atoms with Crippen molar-refractivity contribution in [3.05, 3.63) is 65.2 Å². The molecule has 1 amide bonds. The molecule has 0 aliphatic carbocycles. The van der Waals surface area contributed by atoms with E-state index in [0.29, 0.717) is 18.5 Å². The molecule has 2 N–H and O–H groups in total. The quantitative estimate of drug-likeness (QED) is 0.501. The Balaban J connectivity index is 1.91. The Morgan fingerprint density at radius 2 is 1.64 bits per heavy atom. The summed E-state index contributed by atoms with van der Waals surface area (Å²) in [7, 11) is -4.06. The standard InChI is InChI=1S/C27H32N4O4S/c1-5-13-27(14-6-2)17-35-23-16-22(24-18(3)9-7-10-19(24)4)28-26(29-23)31-36(33,34)21-12-8-11-20(15-21)25(32)30-27/h7-12,15-16H,5-6,13-14,17H2,1-4H3,(H,30,32)(H,28,29,31). The molecule has 4 rings (SSSR count). The highest BCUT2D eigenvalue weighted by Crippen LogP contribution is 2.31. The van der Waals surface area contributed by atoms with Gasteiger partial charge < -0.3 is 10.1 Å². The summed E-state index contributed by atoms with van der Waals surface area (Å²) in [6, 6.07) is 13.6. The second-order valence-electron chi connectivity index (χ2n) is 9.34. The lowest BCUT2D eigenvalue weighted by Crippen LogP contribution is -2.52. The number of rotatable bonds is 5. The molecular formula is C27H32N4O4S. The van der Waals surface area contributed by atoms with E-state index >= 15 is 0 Å². The van der Waals surface area contributed by atoms with Gasteiger partial charge in [-0.3, -0.25) is 4.79 Å². The van der Waals surface area contributed by atoms with Gasteiger partial charge in [0.05, 0.1) is 16.1 Å². The molecular weight excluding hydrogens is 476 g/mol. The molecule has 2 aromatic carbocycles. The van der Waals surface area contributed by atoms with Crippen molar-refractivity contribution in [1.82, 2.24) is 15.3 Å². The molecule has 190 valence electrons. The van der Waals surface area contributed by atoms with Crippen LogP contribution in [0.4, 0.5) is 5.95 Å². The van der Waals surface area contributed by atoms with Crippen LogP contribution in [-0.2, 0) is 10.0 Å². The average molecular weight is 509 g/mol. The van der Waals surface area contributed by atoms with E-state index in [1.807, 2.05) is 32.0 Å². The summed E-state index contributed by atoms with van der Waals surface area (Å²) >= 11 is 0. The highest BCUT2D eigenvalue weighted by atomic mass is 32.2. The fraction of sp³-hybridized carbons (Fsp3) is 0.370. The van der Waals surface area contributed by atoms with E-state index in [9.17, 15) is 13.2 Å². The van der Waals surface area contributed by atoms with E-state index in [2.05, 4.69) is 33.9 Å². The predicted octanol–water partition coefficient (Wildman–Crippen LogP) is 5.02. The molecule has 0 radical (unpaired) electrons. The number of benzene rings is 2. The lowest BCUT2D eigenvalue weighted by atomic mass is 9.89. The number of carbonyl (C=O) groups is 1. The second kappa shape index (κ2) is 10.3. The Labute approximate surface area is 212 Å². The summed E-state index contributed by atoms with van der Waals surface area (Å²) in [5.41, 5.74) is 3.06. The number of aromatic nitrogens is 2. The summed E-state index contributed by atoms with van der Waals surface area (Å²) in [6.45, 7) is 8.26. The van der Waals surface area contributed by atoms with Crippen molar-refractivity contribution in [2.24, 2.45) is 0 Å². The fourth-order valence-electron chi connectivity index (χ4n) is 4.79. The number of anilines is 1. The molecule has 9 heteroatoms. The summed E-state index contributed by atoms with van der Waals surface area (Å²) in [4.78, 5) is 22.1. The number of sulfonamides is 1. The number of nitrogens with one attached hydrogen (secondary N) is 2. The van der Waals surface area contributed by atoms with Crippen LogP contribution in [0.2, 0.25) is 0 Å². The number of aryl methyl sites for hydroxylation is 2. The minimum absolute atomic E-state index is 0.0467. The summed E-state index contributed by atoms with van der Waals surface area (Å²) in [5.74, 6) is -0.200. The van der Waals surface area contributed by atoms with Gasteiger partial charge in [0.1, 0.15) is 6.61 Å². The third-order valence-electron chi connectivity index (χ3n) is 6.40. The highest BCUT2D eigenvalue weighted by molar-refractivity contribution is 7.92. The first-order chi connectivity index (χ1) is 17.2. The van der Waals surface area contributed by atoms with E-state index in [-0.39, 0.29) is 34.8 Å². The van der Waals surface area contributed by atoms with Crippen LogP contribution < -0.4 is 14.8 Å². The molecule has 1 aliphatic rings. The van der Waals surface area contributed by atoms with Gasteiger partial charge in [-0.25, -0.2) is 18.1 Å². The smallest absolute Gasteiger partial charge is 0.264 e. The van der Waals surface area contributed by atoms with Gasteiger partial charge in [0.25, 0.3) is 15.9 Å². The summed E-state index contributed by atoms with van der Waals surface area (Å²) in [6.07, 6.45) is 3.07. The van der Waals surface area contributed by atoms with Gasteiger partial charge >= 0.3 is 0 Å². The zero-order valence-electron chi connectivity index (χ0n) is 21.1. The Kier molecular flexibility index (Phi) is 7.31. The molecule has 0 unspecified atom stereocenters. The molecule has 4 bridgehead atoms. The van der Waals surface area contributed by atoms with Gasteiger partial charge in [0.2, 0.25) is 11.8 Å². The van der Waals surface area contributed by atoms with Crippen molar-refractivity contribution in [1.29, 1.82) is 0 Å². The van der Waals surface area contributed by atoms with Gasteiger partial charge in [0.15, 0.2) is 0 Å². The van der Waals surface area contributed by atoms with E-state index in [0.717, 1.165) is 29.5 Å². The van der Waals surface area contributed by atoms with Crippen LogP contribution in [0.15, 0.2) is 53.4 Å².